The number of rotatable bonds is 4. The van der Waals surface area contributed by atoms with Crippen molar-refractivity contribution >= 4 is 17.3 Å². The highest BCUT2D eigenvalue weighted by molar-refractivity contribution is 5.60. The Morgan fingerprint density at radius 1 is 1.05 bits per heavy atom. The van der Waals surface area contributed by atoms with Crippen LogP contribution in [0.5, 0.6) is 0 Å². The van der Waals surface area contributed by atoms with E-state index in [1.807, 2.05) is 6.92 Å². The highest BCUT2D eigenvalue weighted by atomic mass is 15.2. The number of aromatic nitrogens is 2. The van der Waals surface area contributed by atoms with Gasteiger partial charge in [0.2, 0.25) is 0 Å². The van der Waals surface area contributed by atoms with Gasteiger partial charge in [0.25, 0.3) is 0 Å². The Balaban J connectivity index is 1.79. The average Bonchev–Trinajstić information content (AvgIpc) is 3.01. The maximum atomic E-state index is 4.57. The van der Waals surface area contributed by atoms with Crippen LogP contribution in [0.1, 0.15) is 44.0 Å². The molecule has 4 nitrogen and oxygen atoms in total. The molecule has 1 aromatic heterocycles. The van der Waals surface area contributed by atoms with Gasteiger partial charge in [0.15, 0.2) is 0 Å². The molecular weight excluding hydrogens is 272 g/mol. The first-order valence-electron chi connectivity index (χ1n) is 8.09. The topological polar surface area (TPSA) is 41.1 Å². The van der Waals surface area contributed by atoms with Crippen LogP contribution >= 0.6 is 0 Å². The van der Waals surface area contributed by atoms with Gasteiger partial charge < -0.3 is 10.2 Å². The molecule has 0 spiro atoms. The molecule has 0 amide bonds. The summed E-state index contributed by atoms with van der Waals surface area (Å²) in [4.78, 5) is 11.4. The zero-order chi connectivity index (χ0) is 15.5. The van der Waals surface area contributed by atoms with Crippen molar-refractivity contribution in [2.45, 2.75) is 39.5 Å². The smallest absolute Gasteiger partial charge is 0.136 e. The van der Waals surface area contributed by atoms with Crippen LogP contribution in [-0.4, -0.2) is 23.1 Å². The van der Waals surface area contributed by atoms with Gasteiger partial charge in [-0.2, -0.15) is 0 Å². The molecule has 0 unspecified atom stereocenters. The van der Waals surface area contributed by atoms with Crippen molar-refractivity contribution in [1.29, 1.82) is 0 Å². The van der Waals surface area contributed by atoms with Crippen LogP contribution in [0.15, 0.2) is 30.3 Å². The molecule has 0 aliphatic carbocycles. The molecular formula is C18H24N4. The van der Waals surface area contributed by atoms with Crippen LogP contribution in [-0.2, 0) is 0 Å². The van der Waals surface area contributed by atoms with E-state index in [0.717, 1.165) is 36.2 Å². The van der Waals surface area contributed by atoms with Gasteiger partial charge in [-0.1, -0.05) is 26.0 Å². The first kappa shape index (κ1) is 14.8. The quantitative estimate of drug-likeness (QED) is 0.915. The van der Waals surface area contributed by atoms with E-state index >= 15 is 0 Å². The molecule has 0 saturated carbocycles. The van der Waals surface area contributed by atoms with Crippen molar-refractivity contribution in [1.82, 2.24) is 9.97 Å². The highest BCUT2D eigenvalue weighted by Gasteiger charge is 2.15. The third-order valence-electron chi connectivity index (χ3n) is 4.10. The van der Waals surface area contributed by atoms with Crippen LogP contribution in [0, 0.1) is 6.92 Å². The lowest BCUT2D eigenvalue weighted by molar-refractivity contribution is 0.867. The minimum Gasteiger partial charge on any atom is -0.356 e. The first-order valence-corrected chi connectivity index (χ1v) is 8.09. The largest absolute Gasteiger partial charge is 0.356 e. The van der Waals surface area contributed by atoms with Gasteiger partial charge in [-0.25, -0.2) is 9.97 Å². The number of benzene rings is 1. The summed E-state index contributed by atoms with van der Waals surface area (Å²) in [6, 6.07) is 10.6. The number of hydrogen-bond acceptors (Lipinski definition) is 4. The molecule has 2 aromatic rings. The molecule has 1 N–H and O–H groups in total. The molecule has 0 bridgehead atoms. The molecule has 1 fully saturated rings. The summed E-state index contributed by atoms with van der Waals surface area (Å²) < 4.78 is 0. The van der Waals surface area contributed by atoms with E-state index < -0.39 is 0 Å². The summed E-state index contributed by atoms with van der Waals surface area (Å²) in [6.45, 7) is 8.56. The van der Waals surface area contributed by atoms with Crippen molar-refractivity contribution in [3.05, 3.63) is 41.7 Å². The van der Waals surface area contributed by atoms with Crippen LogP contribution in [0.2, 0.25) is 0 Å². The summed E-state index contributed by atoms with van der Waals surface area (Å²) >= 11 is 0. The summed E-state index contributed by atoms with van der Waals surface area (Å²) in [5.41, 5.74) is 2.41. The molecule has 1 aliphatic rings. The highest BCUT2D eigenvalue weighted by Crippen LogP contribution is 2.24. The van der Waals surface area contributed by atoms with Crippen LogP contribution in [0.4, 0.5) is 17.3 Å². The molecule has 1 aromatic carbocycles. The third kappa shape index (κ3) is 3.38. The molecule has 3 rings (SSSR count). The molecule has 0 atom stereocenters. The van der Waals surface area contributed by atoms with Gasteiger partial charge >= 0.3 is 0 Å². The number of nitrogens with zero attached hydrogens (tertiary/aromatic N) is 3. The van der Waals surface area contributed by atoms with Crippen molar-refractivity contribution in [3.63, 3.8) is 0 Å². The zero-order valence-corrected chi connectivity index (χ0v) is 13.6. The van der Waals surface area contributed by atoms with E-state index in [2.05, 4.69) is 64.4 Å². The predicted molar refractivity (Wildman–Crippen MR) is 92.0 cm³/mol. The van der Waals surface area contributed by atoms with Gasteiger partial charge in [-0.15, -0.1) is 0 Å². The Morgan fingerprint density at radius 2 is 1.73 bits per heavy atom. The maximum Gasteiger partial charge on any atom is 0.136 e. The Hall–Kier alpha value is -2.10. The first-order chi connectivity index (χ1) is 10.6. The molecule has 1 saturated heterocycles. The fourth-order valence-corrected chi connectivity index (χ4v) is 2.82. The fourth-order valence-electron chi connectivity index (χ4n) is 2.82. The standard InChI is InChI=1S/C18H24N4/c1-13(2)15-6-8-16(9-7-15)21-17-12-18(20-14(3)19-17)22-10-4-5-11-22/h6-9,12-13H,4-5,10-11H2,1-3H3,(H,19,20,21). The van der Waals surface area contributed by atoms with Gasteiger partial charge in [0.1, 0.15) is 17.5 Å². The van der Waals surface area contributed by atoms with E-state index in [4.69, 9.17) is 0 Å². The second kappa shape index (κ2) is 6.34. The fraction of sp³-hybridized carbons (Fsp3) is 0.444. The van der Waals surface area contributed by atoms with E-state index in [9.17, 15) is 0 Å². The monoisotopic (exact) mass is 296 g/mol. The van der Waals surface area contributed by atoms with Gasteiger partial charge in [-0.3, -0.25) is 0 Å². The third-order valence-corrected chi connectivity index (χ3v) is 4.10. The summed E-state index contributed by atoms with van der Waals surface area (Å²) in [6.07, 6.45) is 2.50. The summed E-state index contributed by atoms with van der Waals surface area (Å²) in [7, 11) is 0. The molecule has 0 radical (unpaired) electrons. The second-order valence-corrected chi connectivity index (χ2v) is 6.25. The molecule has 1 aliphatic heterocycles. The normalized spacial score (nSPS) is 14.6. The lowest BCUT2D eigenvalue weighted by atomic mass is 10.0. The number of hydrogen-bond donors (Lipinski definition) is 1. The van der Waals surface area contributed by atoms with Crippen molar-refractivity contribution in [2.24, 2.45) is 0 Å². The Kier molecular flexibility index (Phi) is 4.27. The van der Waals surface area contributed by atoms with Gasteiger partial charge in [0, 0.05) is 24.8 Å². The minimum absolute atomic E-state index is 0.553. The van der Waals surface area contributed by atoms with Crippen molar-refractivity contribution in [2.75, 3.05) is 23.3 Å². The van der Waals surface area contributed by atoms with Crippen LogP contribution in [0.25, 0.3) is 0 Å². The summed E-state index contributed by atoms with van der Waals surface area (Å²) in [5.74, 6) is 3.26. The maximum absolute atomic E-state index is 4.57. The van der Waals surface area contributed by atoms with Crippen LogP contribution in [0.3, 0.4) is 0 Å². The Bertz CT molecular complexity index is 628. The van der Waals surface area contributed by atoms with E-state index in [0.29, 0.717) is 5.92 Å². The van der Waals surface area contributed by atoms with E-state index in [-0.39, 0.29) is 0 Å². The minimum atomic E-state index is 0.553. The molecule has 116 valence electrons. The molecule has 2 heterocycles. The van der Waals surface area contributed by atoms with Crippen LogP contribution < -0.4 is 10.2 Å². The summed E-state index contributed by atoms with van der Waals surface area (Å²) in [5, 5.41) is 3.40. The zero-order valence-electron chi connectivity index (χ0n) is 13.6. The van der Waals surface area contributed by atoms with Gasteiger partial charge in [-0.05, 0) is 43.4 Å². The second-order valence-electron chi connectivity index (χ2n) is 6.25. The molecule has 22 heavy (non-hydrogen) atoms. The van der Waals surface area contributed by atoms with E-state index in [1.165, 1.54) is 18.4 Å². The van der Waals surface area contributed by atoms with Crippen molar-refractivity contribution in [3.8, 4) is 0 Å². The lowest BCUT2D eigenvalue weighted by Crippen LogP contribution is -2.19. The Labute approximate surface area is 132 Å². The lowest BCUT2D eigenvalue weighted by Gasteiger charge is -2.18. The number of aryl methyl sites for hydroxylation is 1. The molecule has 4 heteroatoms. The average molecular weight is 296 g/mol. The van der Waals surface area contributed by atoms with E-state index in [1.54, 1.807) is 0 Å². The van der Waals surface area contributed by atoms with Crippen molar-refractivity contribution < 1.29 is 0 Å². The number of anilines is 3. The SMILES string of the molecule is Cc1nc(Nc2ccc(C(C)C)cc2)cc(N2CCCC2)n1. The number of nitrogens with one attached hydrogen (secondary N) is 1. The predicted octanol–water partition coefficient (Wildman–Crippen LogP) is 4.25. The Morgan fingerprint density at radius 3 is 2.36 bits per heavy atom. The van der Waals surface area contributed by atoms with Gasteiger partial charge in [0.05, 0.1) is 0 Å².